The molecular weight excluding hydrogens is 376 g/mol. The van der Waals surface area contributed by atoms with Gasteiger partial charge >= 0.3 is 11.9 Å². The summed E-state index contributed by atoms with van der Waals surface area (Å²) in [6.07, 6.45) is 5.38. The molecule has 1 aliphatic rings. The Morgan fingerprint density at radius 3 is 1.70 bits per heavy atom. The lowest BCUT2D eigenvalue weighted by atomic mass is 9.52. The minimum atomic E-state index is -0.917. The van der Waals surface area contributed by atoms with E-state index in [1.807, 2.05) is 60.7 Å². The van der Waals surface area contributed by atoms with Crippen LogP contribution in [0.15, 0.2) is 84.9 Å². The third kappa shape index (κ3) is 3.58. The van der Waals surface area contributed by atoms with Crippen LogP contribution >= 0.6 is 0 Å². The molecule has 0 amide bonds. The Hall–Kier alpha value is -3.84. The molecule has 0 saturated heterocycles. The van der Waals surface area contributed by atoms with Crippen molar-refractivity contribution in [2.45, 2.75) is 11.8 Å². The summed E-state index contributed by atoms with van der Waals surface area (Å²) in [5, 5.41) is 9.97. The molecule has 4 heteroatoms. The first-order valence-corrected chi connectivity index (χ1v) is 9.71. The van der Waals surface area contributed by atoms with E-state index >= 15 is 0 Å². The van der Waals surface area contributed by atoms with Crippen LogP contribution < -0.4 is 4.74 Å². The number of hydrogen-bond donors (Lipinski definition) is 1. The maximum Gasteiger partial charge on any atom is 0.315 e. The predicted octanol–water partition coefficient (Wildman–Crippen LogP) is 4.47. The molecule has 0 spiro atoms. The SMILES string of the molecule is C#Cc1ccc(OC(=O)[C@H]2[C@@H](c3ccccc3)[C@H](C(=O)O)[C@@H]2c2ccccc2)cc1. The van der Waals surface area contributed by atoms with Gasteiger partial charge in [-0.3, -0.25) is 9.59 Å². The molecule has 3 aromatic carbocycles. The highest BCUT2D eigenvalue weighted by Crippen LogP contribution is 2.58. The van der Waals surface area contributed by atoms with Crippen LogP contribution in [0.25, 0.3) is 0 Å². The largest absolute Gasteiger partial charge is 0.481 e. The van der Waals surface area contributed by atoms with Gasteiger partial charge in [0.05, 0.1) is 11.8 Å². The molecular formula is C26H20O4. The van der Waals surface area contributed by atoms with Gasteiger partial charge in [0, 0.05) is 17.4 Å². The minimum Gasteiger partial charge on any atom is -0.481 e. The number of aliphatic carboxylic acids is 1. The second-order valence-corrected chi connectivity index (χ2v) is 7.35. The normalized spacial score (nSPS) is 22.4. The highest BCUT2D eigenvalue weighted by Gasteiger charge is 2.59. The summed E-state index contributed by atoms with van der Waals surface area (Å²) in [4.78, 5) is 25.4. The smallest absolute Gasteiger partial charge is 0.315 e. The second-order valence-electron chi connectivity index (χ2n) is 7.35. The van der Waals surface area contributed by atoms with Gasteiger partial charge in [-0.15, -0.1) is 6.42 Å². The molecule has 0 heterocycles. The molecule has 3 aromatic rings. The van der Waals surface area contributed by atoms with Gasteiger partial charge in [-0.25, -0.2) is 0 Å². The summed E-state index contributed by atoms with van der Waals surface area (Å²) >= 11 is 0. The zero-order valence-electron chi connectivity index (χ0n) is 16.1. The first kappa shape index (κ1) is 19.5. The van der Waals surface area contributed by atoms with Crippen molar-refractivity contribution in [1.29, 1.82) is 0 Å². The van der Waals surface area contributed by atoms with E-state index in [4.69, 9.17) is 11.2 Å². The Kier molecular flexibility index (Phi) is 5.36. The van der Waals surface area contributed by atoms with Crippen molar-refractivity contribution < 1.29 is 19.4 Å². The first-order valence-electron chi connectivity index (χ1n) is 9.71. The van der Waals surface area contributed by atoms with E-state index in [0.717, 1.165) is 11.1 Å². The number of benzene rings is 3. The Morgan fingerprint density at radius 2 is 1.27 bits per heavy atom. The monoisotopic (exact) mass is 396 g/mol. The van der Waals surface area contributed by atoms with Crippen LogP contribution in [0.2, 0.25) is 0 Å². The van der Waals surface area contributed by atoms with E-state index in [2.05, 4.69) is 5.92 Å². The van der Waals surface area contributed by atoms with E-state index in [0.29, 0.717) is 11.3 Å². The average Bonchev–Trinajstić information content (AvgIpc) is 2.75. The Labute approximate surface area is 175 Å². The molecule has 1 fully saturated rings. The maximum absolute atomic E-state index is 13.2. The van der Waals surface area contributed by atoms with Gasteiger partial charge in [0.25, 0.3) is 0 Å². The quantitative estimate of drug-likeness (QED) is 0.393. The van der Waals surface area contributed by atoms with Crippen molar-refractivity contribution in [3.63, 3.8) is 0 Å². The summed E-state index contributed by atoms with van der Waals surface area (Å²) < 4.78 is 5.65. The van der Waals surface area contributed by atoms with Crippen molar-refractivity contribution >= 4 is 11.9 Å². The summed E-state index contributed by atoms with van der Waals surface area (Å²) in [5.41, 5.74) is 2.33. The number of ether oxygens (including phenoxy) is 1. The third-order valence-electron chi connectivity index (χ3n) is 5.71. The van der Waals surface area contributed by atoms with E-state index < -0.39 is 35.6 Å². The molecule has 2 atom stereocenters. The van der Waals surface area contributed by atoms with Gasteiger partial charge in [0.2, 0.25) is 0 Å². The van der Waals surface area contributed by atoms with E-state index in [-0.39, 0.29) is 0 Å². The summed E-state index contributed by atoms with van der Waals surface area (Å²) in [7, 11) is 0. The molecule has 4 rings (SSSR count). The number of carbonyl (C=O) groups is 2. The standard InChI is InChI=1S/C26H20O4/c1-2-17-13-15-20(16-14-17)30-26(29)24-21(18-9-5-3-6-10-18)23(25(27)28)22(24)19-11-7-4-8-12-19/h1,3-16,21-24H,(H,27,28)/t21-,22-,23-,24-/m0/s1. The van der Waals surface area contributed by atoms with Crippen LogP contribution in [0.4, 0.5) is 0 Å². The van der Waals surface area contributed by atoms with E-state index in [9.17, 15) is 14.7 Å². The molecule has 0 aromatic heterocycles. The van der Waals surface area contributed by atoms with E-state index in [1.165, 1.54) is 0 Å². The zero-order chi connectivity index (χ0) is 21.1. The van der Waals surface area contributed by atoms with Gasteiger partial charge in [0.1, 0.15) is 5.75 Å². The molecule has 1 aliphatic carbocycles. The number of rotatable bonds is 5. The lowest BCUT2D eigenvalue weighted by Crippen LogP contribution is -2.52. The summed E-state index contributed by atoms with van der Waals surface area (Å²) in [6, 6.07) is 25.3. The highest BCUT2D eigenvalue weighted by molar-refractivity contribution is 5.85. The number of carbonyl (C=O) groups excluding carboxylic acids is 1. The van der Waals surface area contributed by atoms with Crippen LogP contribution in [0.5, 0.6) is 5.75 Å². The number of carboxylic acid groups (broad SMARTS) is 1. The Bertz CT molecular complexity index is 1030. The number of hydrogen-bond acceptors (Lipinski definition) is 3. The number of carboxylic acids is 1. The molecule has 0 bridgehead atoms. The van der Waals surface area contributed by atoms with E-state index in [1.54, 1.807) is 24.3 Å². The predicted molar refractivity (Wildman–Crippen MR) is 113 cm³/mol. The molecule has 0 aliphatic heterocycles. The number of esters is 1. The van der Waals surface area contributed by atoms with Crippen LogP contribution in [-0.4, -0.2) is 17.0 Å². The van der Waals surface area contributed by atoms with Crippen molar-refractivity contribution in [3.8, 4) is 18.1 Å². The van der Waals surface area contributed by atoms with Crippen molar-refractivity contribution in [3.05, 3.63) is 102 Å². The third-order valence-corrected chi connectivity index (χ3v) is 5.71. The minimum absolute atomic E-state index is 0.386. The Balaban J connectivity index is 1.70. The molecule has 4 nitrogen and oxygen atoms in total. The maximum atomic E-state index is 13.2. The second kappa shape index (κ2) is 8.26. The van der Waals surface area contributed by atoms with Gasteiger partial charge in [0.15, 0.2) is 0 Å². The first-order chi connectivity index (χ1) is 14.6. The topological polar surface area (TPSA) is 63.6 Å². The highest BCUT2D eigenvalue weighted by atomic mass is 16.5. The fraction of sp³-hybridized carbons (Fsp3) is 0.154. The fourth-order valence-electron chi connectivity index (χ4n) is 4.33. The van der Waals surface area contributed by atoms with Crippen LogP contribution in [0, 0.1) is 24.2 Å². The summed E-state index contributed by atoms with van der Waals surface area (Å²) in [6.45, 7) is 0. The fourth-order valence-corrected chi connectivity index (χ4v) is 4.33. The van der Waals surface area contributed by atoms with Gasteiger partial charge in [-0.05, 0) is 35.4 Å². The van der Waals surface area contributed by atoms with Gasteiger partial charge in [-0.2, -0.15) is 0 Å². The van der Waals surface area contributed by atoms with Crippen molar-refractivity contribution in [2.75, 3.05) is 0 Å². The summed E-state index contributed by atoms with van der Waals surface area (Å²) in [5.74, 6) is -0.702. The molecule has 1 saturated carbocycles. The van der Waals surface area contributed by atoms with Gasteiger partial charge < -0.3 is 9.84 Å². The molecule has 30 heavy (non-hydrogen) atoms. The van der Waals surface area contributed by atoms with Crippen LogP contribution in [0.1, 0.15) is 28.5 Å². The zero-order valence-corrected chi connectivity index (χ0v) is 16.1. The number of terminal acetylenes is 1. The molecule has 148 valence electrons. The molecule has 0 radical (unpaired) electrons. The lowest BCUT2D eigenvalue weighted by molar-refractivity contribution is -0.158. The van der Waals surface area contributed by atoms with Gasteiger partial charge in [-0.1, -0.05) is 66.6 Å². The van der Waals surface area contributed by atoms with Crippen molar-refractivity contribution in [1.82, 2.24) is 0 Å². The van der Waals surface area contributed by atoms with Crippen molar-refractivity contribution in [2.24, 2.45) is 11.8 Å². The molecule has 1 N–H and O–H groups in total. The average molecular weight is 396 g/mol. The van der Waals surface area contributed by atoms with Crippen LogP contribution in [0.3, 0.4) is 0 Å². The lowest BCUT2D eigenvalue weighted by Gasteiger charge is -2.48. The van der Waals surface area contributed by atoms with Crippen LogP contribution in [-0.2, 0) is 9.59 Å². The molecule has 0 unspecified atom stereocenters. The Morgan fingerprint density at radius 1 is 0.767 bits per heavy atom.